The number of rotatable bonds is 8. The molecule has 2 aliphatic heterocycles. The maximum Gasteiger partial charge on any atom is 0.218 e. The summed E-state index contributed by atoms with van der Waals surface area (Å²) in [5.41, 5.74) is 1.53. The van der Waals surface area contributed by atoms with Crippen molar-refractivity contribution in [2.24, 2.45) is 4.99 Å². The molecule has 2 aliphatic rings. The highest BCUT2D eigenvalue weighted by Crippen LogP contribution is 2.24. The summed E-state index contributed by atoms with van der Waals surface area (Å²) in [7, 11) is -3.38. The Morgan fingerprint density at radius 1 is 1.17 bits per heavy atom. The van der Waals surface area contributed by atoms with Gasteiger partial charge in [-0.25, -0.2) is 13.4 Å². The van der Waals surface area contributed by atoms with E-state index in [1.807, 2.05) is 31.2 Å². The minimum absolute atomic E-state index is 0.0193. The molecule has 0 saturated carbocycles. The third kappa shape index (κ3) is 6.41. The van der Waals surface area contributed by atoms with E-state index in [0.717, 1.165) is 37.1 Å². The van der Waals surface area contributed by atoms with Crippen molar-refractivity contribution in [2.45, 2.75) is 44.6 Å². The number of guanidine groups is 1. The lowest BCUT2D eigenvalue weighted by molar-refractivity contribution is 0.0243. The lowest BCUT2D eigenvalue weighted by Crippen LogP contribution is -2.45. The molecular weight excluding hydrogens is 404 g/mol. The van der Waals surface area contributed by atoms with Gasteiger partial charge in [-0.15, -0.1) is 0 Å². The third-order valence-corrected chi connectivity index (χ3v) is 7.33. The van der Waals surface area contributed by atoms with Crippen LogP contribution in [0.25, 0.3) is 0 Å². The Hall–Kier alpha value is -1.68. The second-order valence-corrected chi connectivity index (χ2v) is 9.96. The number of nitrogens with one attached hydrogen (secondary N) is 2. The lowest BCUT2D eigenvalue weighted by atomic mass is 10.0. The molecule has 0 amide bonds. The fourth-order valence-corrected chi connectivity index (χ4v) is 5.28. The Labute approximate surface area is 180 Å². The summed E-state index contributed by atoms with van der Waals surface area (Å²) >= 11 is 0. The maximum absolute atomic E-state index is 12.8. The zero-order valence-corrected chi connectivity index (χ0v) is 18.8. The average Bonchev–Trinajstić information content (AvgIpc) is 3.18. The van der Waals surface area contributed by atoms with Crippen LogP contribution in [0.5, 0.6) is 0 Å². The Bertz CT molecular complexity index is 816. The highest BCUT2D eigenvalue weighted by Gasteiger charge is 2.29. The van der Waals surface area contributed by atoms with E-state index in [1.165, 1.54) is 4.31 Å². The van der Waals surface area contributed by atoms with Gasteiger partial charge < -0.3 is 20.1 Å². The number of hydrogen-bond acceptors (Lipinski definition) is 5. The van der Waals surface area contributed by atoms with Crippen LogP contribution in [-0.4, -0.2) is 70.3 Å². The first-order chi connectivity index (χ1) is 14.4. The van der Waals surface area contributed by atoms with Gasteiger partial charge in [0.1, 0.15) is 0 Å². The first-order valence-electron chi connectivity index (χ1n) is 10.7. The van der Waals surface area contributed by atoms with Gasteiger partial charge in [-0.05, 0) is 37.8 Å². The summed E-state index contributed by atoms with van der Waals surface area (Å²) in [6, 6.07) is 7.61. The average molecular weight is 439 g/mol. The topological polar surface area (TPSA) is 92.3 Å². The van der Waals surface area contributed by atoms with Crippen LogP contribution in [0.2, 0.25) is 0 Å². The molecule has 0 bridgehead atoms. The molecule has 2 heterocycles. The van der Waals surface area contributed by atoms with Gasteiger partial charge in [0, 0.05) is 32.8 Å². The van der Waals surface area contributed by atoms with Crippen molar-refractivity contribution in [1.29, 1.82) is 0 Å². The summed E-state index contributed by atoms with van der Waals surface area (Å²) in [6.07, 6.45) is 2.11. The fourth-order valence-electron chi connectivity index (χ4n) is 3.72. The number of hydrogen-bond donors (Lipinski definition) is 2. The van der Waals surface area contributed by atoms with Gasteiger partial charge in [-0.3, -0.25) is 0 Å². The van der Waals surface area contributed by atoms with Gasteiger partial charge in [0.15, 0.2) is 5.96 Å². The molecule has 1 unspecified atom stereocenters. The molecule has 1 aromatic carbocycles. The normalized spacial score (nSPS) is 23.5. The van der Waals surface area contributed by atoms with Crippen molar-refractivity contribution in [2.75, 3.05) is 46.0 Å². The second kappa shape index (κ2) is 10.6. The largest absolute Gasteiger partial charge is 0.379 e. The van der Waals surface area contributed by atoms with Crippen LogP contribution in [0.3, 0.4) is 0 Å². The predicted molar refractivity (Wildman–Crippen MR) is 118 cm³/mol. The summed E-state index contributed by atoms with van der Waals surface area (Å²) in [6.45, 7) is 8.50. The van der Waals surface area contributed by atoms with Crippen molar-refractivity contribution < 1.29 is 17.9 Å². The molecule has 2 fully saturated rings. The quantitative estimate of drug-likeness (QED) is 0.472. The summed E-state index contributed by atoms with van der Waals surface area (Å²) in [5.74, 6) is 0.689. The van der Waals surface area contributed by atoms with Gasteiger partial charge in [0.2, 0.25) is 10.0 Å². The summed E-state index contributed by atoms with van der Waals surface area (Å²) in [5, 5.41) is 6.62. The Kier molecular flexibility index (Phi) is 8.10. The van der Waals surface area contributed by atoms with E-state index in [9.17, 15) is 8.42 Å². The van der Waals surface area contributed by atoms with E-state index in [0.29, 0.717) is 45.4 Å². The number of sulfonamides is 1. The molecule has 0 aromatic heterocycles. The van der Waals surface area contributed by atoms with Crippen molar-refractivity contribution in [3.63, 3.8) is 0 Å². The summed E-state index contributed by atoms with van der Waals surface area (Å²) < 4.78 is 38.3. The molecular formula is C21H34N4O4S. The fraction of sp³-hybridized carbons (Fsp3) is 0.667. The molecule has 0 aliphatic carbocycles. The number of ether oxygens (including phenoxy) is 2. The van der Waals surface area contributed by atoms with Crippen molar-refractivity contribution in [3.8, 4) is 0 Å². The molecule has 0 radical (unpaired) electrons. The van der Waals surface area contributed by atoms with Gasteiger partial charge >= 0.3 is 0 Å². The zero-order valence-electron chi connectivity index (χ0n) is 18.0. The molecule has 168 valence electrons. The van der Waals surface area contributed by atoms with Crippen molar-refractivity contribution >= 4 is 16.0 Å². The minimum atomic E-state index is -3.38. The zero-order chi connectivity index (χ0) is 21.5. The van der Waals surface area contributed by atoms with E-state index in [1.54, 1.807) is 0 Å². The molecule has 3 rings (SSSR count). The van der Waals surface area contributed by atoms with Crippen molar-refractivity contribution in [3.05, 3.63) is 35.4 Å². The SMILES string of the molecule is CCNC(=NCc1ccccc1CS(=O)(=O)N1CCOCC1)NCC1(C)CCCO1. The standard InChI is InChI=1S/C21H34N4O4S/c1-3-22-20(24-17-21(2)9-6-12-29-21)23-15-18-7-4-5-8-19(18)16-30(26,27)25-10-13-28-14-11-25/h4-5,7-8H,3,6,9-17H2,1-2H3,(H2,22,23,24). The van der Waals surface area contributed by atoms with E-state index in [4.69, 9.17) is 9.47 Å². The first-order valence-corrected chi connectivity index (χ1v) is 12.3. The molecule has 30 heavy (non-hydrogen) atoms. The van der Waals surface area contributed by atoms with Gasteiger partial charge in [0.25, 0.3) is 0 Å². The van der Waals surface area contributed by atoms with Crippen LogP contribution >= 0.6 is 0 Å². The van der Waals surface area contributed by atoms with Gasteiger partial charge in [-0.1, -0.05) is 24.3 Å². The van der Waals surface area contributed by atoms with Crippen LogP contribution in [0.15, 0.2) is 29.3 Å². The summed E-state index contributed by atoms with van der Waals surface area (Å²) in [4.78, 5) is 4.69. The molecule has 0 spiro atoms. The van der Waals surface area contributed by atoms with Crippen LogP contribution in [0.4, 0.5) is 0 Å². The number of nitrogens with zero attached hydrogens (tertiary/aromatic N) is 2. The van der Waals surface area contributed by atoms with Gasteiger partial charge in [0.05, 0.1) is 31.1 Å². The number of benzene rings is 1. The van der Waals surface area contributed by atoms with Gasteiger partial charge in [-0.2, -0.15) is 4.31 Å². The first kappa shape index (κ1) is 23.0. The highest BCUT2D eigenvalue weighted by molar-refractivity contribution is 7.88. The van der Waals surface area contributed by atoms with Crippen molar-refractivity contribution in [1.82, 2.24) is 14.9 Å². The van der Waals surface area contributed by atoms with Crippen LogP contribution in [0.1, 0.15) is 37.8 Å². The van der Waals surface area contributed by atoms with Crippen LogP contribution in [0, 0.1) is 0 Å². The molecule has 8 nitrogen and oxygen atoms in total. The van der Waals surface area contributed by atoms with E-state index in [2.05, 4.69) is 22.5 Å². The molecule has 2 N–H and O–H groups in total. The Morgan fingerprint density at radius 2 is 1.90 bits per heavy atom. The maximum atomic E-state index is 12.8. The van der Waals surface area contributed by atoms with E-state index >= 15 is 0 Å². The van der Waals surface area contributed by atoms with Crippen LogP contribution in [-0.2, 0) is 31.8 Å². The lowest BCUT2D eigenvalue weighted by Gasteiger charge is -2.26. The van der Waals surface area contributed by atoms with Crippen LogP contribution < -0.4 is 10.6 Å². The monoisotopic (exact) mass is 438 g/mol. The molecule has 1 atom stereocenters. The third-order valence-electron chi connectivity index (χ3n) is 5.50. The van der Waals surface area contributed by atoms with E-state index in [-0.39, 0.29) is 11.4 Å². The Balaban J connectivity index is 1.67. The second-order valence-electron chi connectivity index (χ2n) is 7.99. The molecule has 2 saturated heterocycles. The number of morpholine rings is 1. The Morgan fingerprint density at radius 3 is 2.57 bits per heavy atom. The molecule has 1 aromatic rings. The number of aliphatic imine (C=N–C) groups is 1. The predicted octanol–water partition coefficient (Wildman–Crippen LogP) is 1.47. The van der Waals surface area contributed by atoms with E-state index < -0.39 is 10.0 Å². The highest BCUT2D eigenvalue weighted by atomic mass is 32.2. The minimum Gasteiger partial charge on any atom is -0.379 e. The molecule has 9 heteroatoms. The smallest absolute Gasteiger partial charge is 0.218 e.